The third kappa shape index (κ3) is 1.97. The molecule has 30 heavy (non-hydrogen) atoms. The molecule has 0 fully saturated rings. The maximum Gasteiger partial charge on any atom is 0.144 e. The standard InChI is InChI=1S/C26H15O2PS/c30-29-22-14-12-16-6-1-3-8-18(16)24(22)27-20-10-5-11-21(26(20)29)28-25-19-9-4-2-7-17(19)13-15-23(25)29/h1-15H. The fourth-order valence-corrected chi connectivity index (χ4v) is 9.22. The average Bonchev–Trinajstić information content (AvgIpc) is 2.79. The van der Waals surface area contributed by atoms with Crippen LogP contribution in [0.4, 0.5) is 0 Å². The van der Waals surface area contributed by atoms with Gasteiger partial charge in [0.05, 0.1) is 11.3 Å². The van der Waals surface area contributed by atoms with Gasteiger partial charge < -0.3 is 9.47 Å². The van der Waals surface area contributed by atoms with Crippen molar-refractivity contribution < 1.29 is 9.47 Å². The number of hydrogen-bond donors (Lipinski definition) is 0. The summed E-state index contributed by atoms with van der Waals surface area (Å²) in [4.78, 5) is 0. The Hall–Kier alpha value is -3.13. The Morgan fingerprint density at radius 1 is 0.533 bits per heavy atom. The summed E-state index contributed by atoms with van der Waals surface area (Å²) >= 11 is 6.64. The summed E-state index contributed by atoms with van der Waals surface area (Å²) in [5.41, 5.74) is 0. The van der Waals surface area contributed by atoms with Crippen molar-refractivity contribution in [1.29, 1.82) is 0 Å². The first-order valence-corrected chi connectivity index (χ1v) is 12.7. The van der Waals surface area contributed by atoms with Crippen LogP contribution in [0.2, 0.25) is 0 Å². The lowest BCUT2D eigenvalue weighted by molar-refractivity contribution is 0.472. The van der Waals surface area contributed by atoms with Gasteiger partial charge in [0.1, 0.15) is 23.0 Å². The van der Waals surface area contributed by atoms with Gasteiger partial charge >= 0.3 is 0 Å². The molecule has 4 heteroatoms. The van der Waals surface area contributed by atoms with Gasteiger partial charge in [-0.25, -0.2) is 0 Å². The highest BCUT2D eigenvalue weighted by molar-refractivity contribution is 8.26. The van der Waals surface area contributed by atoms with E-state index in [9.17, 15) is 0 Å². The van der Waals surface area contributed by atoms with Crippen LogP contribution in [-0.4, -0.2) is 0 Å². The second-order valence-electron chi connectivity index (χ2n) is 7.69. The molecule has 0 unspecified atom stereocenters. The van der Waals surface area contributed by atoms with E-state index in [0.717, 1.165) is 60.5 Å². The summed E-state index contributed by atoms with van der Waals surface area (Å²) in [7, 11) is 0. The van der Waals surface area contributed by atoms with Gasteiger partial charge in [-0.15, -0.1) is 0 Å². The molecule has 0 bridgehead atoms. The van der Waals surface area contributed by atoms with Gasteiger partial charge in [0, 0.05) is 21.4 Å². The van der Waals surface area contributed by atoms with Crippen LogP contribution in [0.5, 0.6) is 23.0 Å². The Labute approximate surface area is 178 Å². The molecular formula is C26H15O2PS. The summed E-state index contributed by atoms with van der Waals surface area (Å²) in [5, 5.41) is 7.76. The van der Waals surface area contributed by atoms with E-state index in [0.29, 0.717) is 0 Å². The molecule has 7 rings (SSSR count). The lowest BCUT2D eigenvalue weighted by atomic mass is 10.1. The topological polar surface area (TPSA) is 18.5 Å². The van der Waals surface area contributed by atoms with Gasteiger partial charge in [0.25, 0.3) is 0 Å². The van der Waals surface area contributed by atoms with Crippen molar-refractivity contribution in [3.8, 4) is 23.0 Å². The van der Waals surface area contributed by atoms with Crippen LogP contribution in [-0.2, 0) is 11.8 Å². The number of hydrogen-bond acceptors (Lipinski definition) is 3. The van der Waals surface area contributed by atoms with Crippen LogP contribution >= 0.6 is 6.04 Å². The van der Waals surface area contributed by atoms with Crippen LogP contribution < -0.4 is 25.4 Å². The van der Waals surface area contributed by atoms with Crippen LogP contribution in [0.1, 0.15) is 0 Å². The van der Waals surface area contributed by atoms with Crippen molar-refractivity contribution in [2.75, 3.05) is 0 Å². The zero-order chi connectivity index (χ0) is 19.9. The second-order valence-corrected chi connectivity index (χ2v) is 12.0. The van der Waals surface area contributed by atoms with E-state index in [-0.39, 0.29) is 0 Å². The summed E-state index contributed by atoms with van der Waals surface area (Å²) < 4.78 is 13.0. The minimum absolute atomic E-state index is 0.818. The van der Waals surface area contributed by atoms with Gasteiger partial charge in [-0.3, -0.25) is 0 Å². The monoisotopic (exact) mass is 422 g/mol. The molecule has 2 aliphatic heterocycles. The van der Waals surface area contributed by atoms with Crippen molar-refractivity contribution in [3.63, 3.8) is 0 Å². The van der Waals surface area contributed by atoms with Crippen LogP contribution in [0.25, 0.3) is 21.5 Å². The molecule has 0 N–H and O–H groups in total. The minimum atomic E-state index is -2.34. The maximum atomic E-state index is 6.64. The van der Waals surface area contributed by atoms with Crippen LogP contribution in [0.3, 0.4) is 0 Å². The lowest BCUT2D eigenvalue weighted by Gasteiger charge is -2.38. The van der Waals surface area contributed by atoms with E-state index >= 15 is 0 Å². The van der Waals surface area contributed by atoms with Gasteiger partial charge in [0.15, 0.2) is 0 Å². The summed E-state index contributed by atoms with van der Waals surface area (Å²) in [5.74, 6) is 3.42. The highest BCUT2D eigenvalue weighted by Crippen LogP contribution is 2.60. The van der Waals surface area contributed by atoms with Crippen LogP contribution in [0.15, 0.2) is 91.0 Å². The Bertz CT molecular complexity index is 1480. The van der Waals surface area contributed by atoms with E-state index in [2.05, 4.69) is 72.8 Å². The Morgan fingerprint density at radius 3 is 1.57 bits per heavy atom. The molecule has 5 aromatic rings. The predicted molar refractivity (Wildman–Crippen MR) is 128 cm³/mol. The van der Waals surface area contributed by atoms with E-state index in [4.69, 9.17) is 21.3 Å². The first-order valence-electron chi connectivity index (χ1n) is 9.89. The van der Waals surface area contributed by atoms with E-state index in [1.54, 1.807) is 0 Å². The molecule has 2 heterocycles. The highest BCUT2D eigenvalue weighted by Gasteiger charge is 2.43. The molecule has 0 radical (unpaired) electrons. The van der Waals surface area contributed by atoms with E-state index in [1.165, 1.54) is 0 Å². The zero-order valence-corrected chi connectivity index (χ0v) is 17.5. The highest BCUT2D eigenvalue weighted by atomic mass is 32.4. The van der Waals surface area contributed by atoms with Crippen molar-refractivity contribution in [3.05, 3.63) is 91.0 Å². The fourth-order valence-electron chi connectivity index (χ4n) is 4.74. The van der Waals surface area contributed by atoms with Crippen molar-refractivity contribution in [1.82, 2.24) is 0 Å². The van der Waals surface area contributed by atoms with Gasteiger partial charge in [0.2, 0.25) is 0 Å². The molecule has 0 spiro atoms. The molecule has 2 nitrogen and oxygen atoms in total. The molecule has 142 valence electrons. The maximum absolute atomic E-state index is 6.64. The first kappa shape index (κ1) is 16.6. The average molecular weight is 422 g/mol. The quantitative estimate of drug-likeness (QED) is 0.281. The van der Waals surface area contributed by atoms with Crippen molar-refractivity contribution in [2.45, 2.75) is 0 Å². The normalized spacial score (nSPS) is 14.9. The largest absolute Gasteiger partial charge is 0.455 e. The first-order chi connectivity index (χ1) is 14.7. The molecule has 0 saturated heterocycles. The van der Waals surface area contributed by atoms with Crippen molar-refractivity contribution >= 4 is 55.3 Å². The second kappa shape index (κ2) is 5.72. The third-order valence-corrected chi connectivity index (χ3v) is 11.0. The fraction of sp³-hybridized carbons (Fsp3) is 0. The van der Waals surface area contributed by atoms with E-state index in [1.807, 2.05) is 18.2 Å². The molecule has 0 aliphatic carbocycles. The lowest BCUT2D eigenvalue weighted by Crippen LogP contribution is -2.35. The predicted octanol–water partition coefficient (Wildman–Crippen LogP) is 5.96. The summed E-state index contributed by atoms with van der Waals surface area (Å²) in [6, 6.07) is 29.0. The van der Waals surface area contributed by atoms with E-state index < -0.39 is 6.04 Å². The Balaban J connectivity index is 1.66. The third-order valence-electron chi connectivity index (χ3n) is 6.10. The molecule has 2 aliphatic rings. The number of ether oxygens (including phenoxy) is 2. The molecule has 0 saturated carbocycles. The smallest absolute Gasteiger partial charge is 0.144 e. The Kier molecular flexibility index (Phi) is 3.18. The SMILES string of the molecule is S=P12c3ccc4ccccc4c3Oc3cccc(c31)Oc1c2ccc2ccccc12. The summed E-state index contributed by atoms with van der Waals surface area (Å²) in [6.45, 7) is 0. The number of fused-ring (bicyclic) bond motifs is 8. The van der Waals surface area contributed by atoms with Crippen LogP contribution in [0, 0.1) is 0 Å². The molecular weight excluding hydrogens is 407 g/mol. The molecule has 0 atom stereocenters. The zero-order valence-electron chi connectivity index (χ0n) is 15.8. The van der Waals surface area contributed by atoms with Gasteiger partial charge in [-0.1, -0.05) is 78.5 Å². The van der Waals surface area contributed by atoms with Crippen molar-refractivity contribution in [2.24, 2.45) is 0 Å². The summed E-state index contributed by atoms with van der Waals surface area (Å²) in [6.07, 6.45) is 0. The number of benzene rings is 5. The van der Waals surface area contributed by atoms with Gasteiger partial charge in [-0.2, -0.15) is 0 Å². The molecule has 5 aromatic carbocycles. The van der Waals surface area contributed by atoms with Gasteiger partial charge in [-0.05, 0) is 35.0 Å². The molecule has 0 amide bonds. The number of rotatable bonds is 0. The Morgan fingerprint density at radius 2 is 1.03 bits per heavy atom. The minimum Gasteiger partial charge on any atom is -0.455 e. The molecule has 0 aromatic heterocycles.